The molecule has 0 radical (unpaired) electrons. The number of phenolic OH excluding ortho intramolecular Hbond substituents is 1. The van der Waals surface area contributed by atoms with Crippen LogP contribution in [0.2, 0.25) is 0 Å². The highest BCUT2D eigenvalue weighted by atomic mass is 16.5. The lowest BCUT2D eigenvalue weighted by molar-refractivity contribution is -0.123. The van der Waals surface area contributed by atoms with E-state index in [0.29, 0.717) is 23.7 Å². The predicted octanol–water partition coefficient (Wildman–Crippen LogP) is 2.94. The average molecular weight is 342 g/mol. The first kappa shape index (κ1) is 18.3. The second kappa shape index (κ2) is 8.73. The van der Waals surface area contributed by atoms with Gasteiger partial charge in [0.25, 0.3) is 5.91 Å². The van der Waals surface area contributed by atoms with Crippen LogP contribution >= 0.6 is 0 Å². The number of hydrogen-bond donors (Lipinski definition) is 2. The molecule has 0 heterocycles. The van der Waals surface area contributed by atoms with Crippen LogP contribution in [-0.4, -0.2) is 30.4 Å². The zero-order chi connectivity index (χ0) is 18.2. The fraction of sp³-hybridized carbons (Fsp3) is 0.263. The van der Waals surface area contributed by atoms with Gasteiger partial charge in [-0.05, 0) is 44.5 Å². The molecule has 0 saturated carbocycles. The maximum atomic E-state index is 11.8. The molecule has 6 nitrogen and oxygen atoms in total. The van der Waals surface area contributed by atoms with Crippen molar-refractivity contribution in [2.24, 2.45) is 5.10 Å². The molecular weight excluding hydrogens is 320 g/mol. The normalized spacial score (nSPS) is 10.7. The number of nitrogens with zero attached hydrogens (tertiary/aromatic N) is 1. The molecule has 0 fully saturated rings. The predicted molar refractivity (Wildman–Crippen MR) is 96.4 cm³/mol. The largest absolute Gasteiger partial charge is 0.504 e. The van der Waals surface area contributed by atoms with Gasteiger partial charge in [0.2, 0.25) is 0 Å². The van der Waals surface area contributed by atoms with Crippen molar-refractivity contribution >= 4 is 12.1 Å². The third-order valence-electron chi connectivity index (χ3n) is 3.41. The Balaban J connectivity index is 1.89. The Labute approximate surface area is 147 Å². The van der Waals surface area contributed by atoms with E-state index in [9.17, 15) is 9.90 Å². The van der Waals surface area contributed by atoms with Crippen molar-refractivity contribution in [3.8, 4) is 17.2 Å². The van der Waals surface area contributed by atoms with Crippen LogP contribution in [-0.2, 0) is 4.79 Å². The van der Waals surface area contributed by atoms with Gasteiger partial charge in [-0.25, -0.2) is 5.43 Å². The summed E-state index contributed by atoms with van der Waals surface area (Å²) in [6.45, 7) is 6.05. The van der Waals surface area contributed by atoms with Crippen LogP contribution in [0.25, 0.3) is 0 Å². The molecule has 0 bridgehead atoms. The maximum Gasteiger partial charge on any atom is 0.277 e. The number of carbonyl (C=O) groups is 1. The van der Waals surface area contributed by atoms with Crippen LogP contribution in [0.1, 0.15) is 23.6 Å². The van der Waals surface area contributed by atoms with Gasteiger partial charge in [0.15, 0.2) is 18.1 Å². The Kier molecular flexibility index (Phi) is 6.39. The fourth-order valence-corrected chi connectivity index (χ4v) is 2.23. The first-order valence-corrected chi connectivity index (χ1v) is 7.98. The Morgan fingerprint density at radius 2 is 2.00 bits per heavy atom. The number of hydrogen-bond acceptors (Lipinski definition) is 5. The van der Waals surface area contributed by atoms with E-state index in [-0.39, 0.29) is 12.4 Å². The van der Waals surface area contributed by atoms with E-state index in [2.05, 4.69) is 10.5 Å². The topological polar surface area (TPSA) is 80.2 Å². The van der Waals surface area contributed by atoms with Crippen molar-refractivity contribution in [1.82, 2.24) is 5.43 Å². The molecule has 2 aromatic carbocycles. The number of carbonyl (C=O) groups excluding carboxylic acids is 1. The van der Waals surface area contributed by atoms with Gasteiger partial charge in [0.05, 0.1) is 12.8 Å². The Hall–Kier alpha value is -3.02. The molecule has 132 valence electrons. The quantitative estimate of drug-likeness (QED) is 0.599. The second-order valence-corrected chi connectivity index (χ2v) is 5.48. The number of rotatable bonds is 7. The Bertz CT molecular complexity index is 772. The molecule has 0 aliphatic heterocycles. The van der Waals surface area contributed by atoms with Crippen LogP contribution in [0, 0.1) is 13.8 Å². The molecule has 0 aliphatic carbocycles. The van der Waals surface area contributed by atoms with E-state index in [1.165, 1.54) is 6.21 Å². The molecule has 0 saturated heterocycles. The maximum absolute atomic E-state index is 11.8. The van der Waals surface area contributed by atoms with Crippen molar-refractivity contribution < 1.29 is 19.4 Å². The van der Waals surface area contributed by atoms with Gasteiger partial charge >= 0.3 is 0 Å². The molecule has 2 aromatic rings. The number of ether oxygens (including phenoxy) is 2. The third kappa shape index (κ3) is 5.24. The van der Waals surface area contributed by atoms with Gasteiger partial charge in [0, 0.05) is 5.56 Å². The van der Waals surface area contributed by atoms with E-state index in [0.717, 1.165) is 11.1 Å². The highest BCUT2D eigenvalue weighted by molar-refractivity contribution is 5.86. The molecular formula is C19H22N2O4. The average Bonchev–Trinajstić information content (AvgIpc) is 2.57. The summed E-state index contributed by atoms with van der Waals surface area (Å²) in [6.07, 6.45) is 1.35. The monoisotopic (exact) mass is 342 g/mol. The first-order valence-electron chi connectivity index (χ1n) is 7.98. The summed E-state index contributed by atoms with van der Waals surface area (Å²) in [5.41, 5.74) is 4.91. The van der Waals surface area contributed by atoms with Gasteiger partial charge in [-0.3, -0.25) is 4.79 Å². The SMILES string of the molecule is CCOc1cccc(C=NNC(=O)COc2ccc(C)cc2C)c1O. The number of aromatic hydroxyl groups is 1. The van der Waals surface area contributed by atoms with E-state index in [1.807, 2.05) is 39.0 Å². The van der Waals surface area contributed by atoms with E-state index in [1.54, 1.807) is 18.2 Å². The van der Waals surface area contributed by atoms with Crippen molar-refractivity contribution in [1.29, 1.82) is 0 Å². The number of aryl methyl sites for hydroxylation is 2. The number of benzene rings is 2. The second-order valence-electron chi connectivity index (χ2n) is 5.48. The van der Waals surface area contributed by atoms with Crippen LogP contribution in [0.3, 0.4) is 0 Å². The molecule has 0 aromatic heterocycles. The first-order chi connectivity index (χ1) is 12.0. The number of amides is 1. The number of hydrazone groups is 1. The van der Waals surface area contributed by atoms with Crippen LogP contribution in [0.5, 0.6) is 17.2 Å². The lowest BCUT2D eigenvalue weighted by Gasteiger charge is -2.09. The molecule has 2 N–H and O–H groups in total. The summed E-state index contributed by atoms with van der Waals surface area (Å²) in [5, 5.41) is 13.9. The summed E-state index contributed by atoms with van der Waals surface area (Å²) in [6, 6.07) is 10.8. The molecule has 0 unspecified atom stereocenters. The van der Waals surface area contributed by atoms with Crippen LogP contribution in [0.15, 0.2) is 41.5 Å². The molecule has 0 spiro atoms. The highest BCUT2D eigenvalue weighted by Gasteiger charge is 2.07. The summed E-state index contributed by atoms with van der Waals surface area (Å²) in [4.78, 5) is 11.8. The van der Waals surface area contributed by atoms with Crippen molar-refractivity contribution in [2.75, 3.05) is 13.2 Å². The Morgan fingerprint density at radius 3 is 2.72 bits per heavy atom. The van der Waals surface area contributed by atoms with E-state index in [4.69, 9.17) is 9.47 Å². The summed E-state index contributed by atoms with van der Waals surface area (Å²) in [7, 11) is 0. The number of phenols is 1. The van der Waals surface area contributed by atoms with Crippen molar-refractivity contribution in [3.05, 3.63) is 53.1 Å². The smallest absolute Gasteiger partial charge is 0.277 e. The minimum absolute atomic E-state index is 0.0196. The summed E-state index contributed by atoms with van der Waals surface area (Å²) >= 11 is 0. The molecule has 6 heteroatoms. The van der Waals surface area contributed by atoms with Gasteiger partial charge in [0.1, 0.15) is 5.75 Å². The Morgan fingerprint density at radius 1 is 1.20 bits per heavy atom. The van der Waals surface area contributed by atoms with Crippen LogP contribution in [0.4, 0.5) is 0 Å². The zero-order valence-corrected chi connectivity index (χ0v) is 14.6. The summed E-state index contributed by atoms with van der Waals surface area (Å²) in [5.74, 6) is 0.619. The van der Waals surface area contributed by atoms with Gasteiger partial charge < -0.3 is 14.6 Å². The van der Waals surface area contributed by atoms with Crippen LogP contribution < -0.4 is 14.9 Å². The molecule has 2 rings (SSSR count). The number of nitrogens with one attached hydrogen (secondary N) is 1. The van der Waals surface area contributed by atoms with Crippen molar-refractivity contribution in [3.63, 3.8) is 0 Å². The van der Waals surface area contributed by atoms with Gasteiger partial charge in [-0.15, -0.1) is 0 Å². The zero-order valence-electron chi connectivity index (χ0n) is 14.6. The molecule has 0 aliphatic rings. The third-order valence-corrected chi connectivity index (χ3v) is 3.41. The lowest BCUT2D eigenvalue weighted by Crippen LogP contribution is -2.24. The lowest BCUT2D eigenvalue weighted by atomic mass is 10.1. The fourth-order valence-electron chi connectivity index (χ4n) is 2.23. The van der Waals surface area contributed by atoms with Crippen molar-refractivity contribution in [2.45, 2.75) is 20.8 Å². The minimum atomic E-state index is -0.392. The molecule has 0 atom stereocenters. The highest BCUT2D eigenvalue weighted by Crippen LogP contribution is 2.28. The molecule has 1 amide bonds. The van der Waals surface area contributed by atoms with E-state index < -0.39 is 5.91 Å². The van der Waals surface area contributed by atoms with Gasteiger partial charge in [-0.2, -0.15) is 5.10 Å². The van der Waals surface area contributed by atoms with E-state index >= 15 is 0 Å². The minimum Gasteiger partial charge on any atom is -0.504 e. The van der Waals surface area contributed by atoms with Gasteiger partial charge in [-0.1, -0.05) is 23.8 Å². The summed E-state index contributed by atoms with van der Waals surface area (Å²) < 4.78 is 10.8. The molecule has 25 heavy (non-hydrogen) atoms. The number of para-hydroxylation sites is 1. The standard InChI is InChI=1S/C19H22N2O4/c1-4-24-17-7-5-6-15(19(17)23)11-20-21-18(22)12-25-16-9-8-13(2)10-14(16)3/h5-11,23H,4,12H2,1-3H3,(H,21,22).